The first kappa shape index (κ1) is 15.2. The number of anilines is 1. The number of nitrogens with zero attached hydrogens (tertiary/aromatic N) is 2. The lowest BCUT2D eigenvalue weighted by Crippen LogP contribution is -2.29. The van der Waals surface area contributed by atoms with E-state index in [-0.39, 0.29) is 6.03 Å². The van der Waals surface area contributed by atoms with Crippen LogP contribution in [0, 0.1) is 0 Å². The highest BCUT2D eigenvalue weighted by atomic mass is 32.1. The average molecular weight is 328 g/mol. The third-order valence-corrected chi connectivity index (χ3v) is 3.81. The fraction of sp³-hybridized carbons (Fsp3) is 0.188. The first-order chi connectivity index (χ1) is 11.3. The Labute approximate surface area is 137 Å². The molecule has 0 saturated carbocycles. The number of carbonyl (C=O) groups is 1. The topological polar surface area (TPSA) is 80.0 Å². The zero-order chi connectivity index (χ0) is 16.1. The van der Waals surface area contributed by atoms with Crippen LogP contribution in [-0.2, 0) is 0 Å². The van der Waals surface area contributed by atoms with Crippen LogP contribution < -0.4 is 10.6 Å². The van der Waals surface area contributed by atoms with Gasteiger partial charge in [0.2, 0.25) is 5.82 Å². The van der Waals surface area contributed by atoms with Crippen LogP contribution in [0.4, 0.5) is 10.5 Å². The standard InChI is InChI=1S/C16H16N4O2S/c1-2-8-17-16(21)18-13-5-3-11(4-6-13)14-19-15(22-20-14)12-7-9-23-10-12/h3-7,9-10H,2,8H2,1H3,(H2,17,18,21). The molecule has 0 aliphatic carbocycles. The van der Waals surface area contributed by atoms with E-state index in [9.17, 15) is 4.79 Å². The zero-order valence-electron chi connectivity index (χ0n) is 12.6. The van der Waals surface area contributed by atoms with Crippen molar-refractivity contribution in [2.45, 2.75) is 13.3 Å². The summed E-state index contributed by atoms with van der Waals surface area (Å²) in [5.74, 6) is 1.02. The van der Waals surface area contributed by atoms with E-state index < -0.39 is 0 Å². The molecule has 0 bridgehead atoms. The van der Waals surface area contributed by atoms with Gasteiger partial charge in [-0.3, -0.25) is 0 Å². The van der Waals surface area contributed by atoms with Gasteiger partial charge in [-0.15, -0.1) is 0 Å². The molecule has 0 fully saturated rings. The Balaban J connectivity index is 1.69. The summed E-state index contributed by atoms with van der Waals surface area (Å²) in [6.45, 7) is 2.66. The van der Waals surface area contributed by atoms with Crippen LogP contribution in [-0.4, -0.2) is 22.7 Å². The van der Waals surface area contributed by atoms with E-state index in [1.165, 1.54) is 0 Å². The van der Waals surface area contributed by atoms with Gasteiger partial charge < -0.3 is 15.2 Å². The molecular formula is C16H16N4O2S. The Hall–Kier alpha value is -2.67. The monoisotopic (exact) mass is 328 g/mol. The number of carbonyl (C=O) groups excluding carboxylic acids is 1. The number of amides is 2. The van der Waals surface area contributed by atoms with Gasteiger partial charge in [0.15, 0.2) is 0 Å². The number of nitrogens with one attached hydrogen (secondary N) is 2. The van der Waals surface area contributed by atoms with Gasteiger partial charge in [0.1, 0.15) is 0 Å². The molecule has 6 nitrogen and oxygen atoms in total. The molecule has 2 heterocycles. The lowest BCUT2D eigenvalue weighted by Gasteiger charge is -2.06. The number of aromatic nitrogens is 2. The molecule has 0 radical (unpaired) electrons. The predicted octanol–water partition coefficient (Wildman–Crippen LogP) is 4.00. The van der Waals surface area contributed by atoms with Crippen molar-refractivity contribution in [3.05, 3.63) is 41.1 Å². The number of rotatable bonds is 5. The number of hydrogen-bond donors (Lipinski definition) is 2. The van der Waals surface area contributed by atoms with Crippen LogP contribution in [0.25, 0.3) is 22.8 Å². The second-order valence-electron chi connectivity index (χ2n) is 4.89. The van der Waals surface area contributed by atoms with Crippen molar-refractivity contribution in [1.29, 1.82) is 0 Å². The molecule has 0 saturated heterocycles. The number of thiophene rings is 1. The Bertz CT molecular complexity index is 766. The molecular weight excluding hydrogens is 312 g/mol. The van der Waals surface area contributed by atoms with E-state index in [1.54, 1.807) is 11.3 Å². The summed E-state index contributed by atoms with van der Waals surface area (Å²) in [6.07, 6.45) is 0.899. The van der Waals surface area contributed by atoms with E-state index >= 15 is 0 Å². The maximum Gasteiger partial charge on any atom is 0.319 e. The molecule has 2 aromatic heterocycles. The Morgan fingerprint density at radius 2 is 2.04 bits per heavy atom. The third kappa shape index (κ3) is 3.75. The average Bonchev–Trinajstić information content (AvgIpc) is 3.24. The Morgan fingerprint density at radius 3 is 2.74 bits per heavy atom. The van der Waals surface area contributed by atoms with Gasteiger partial charge >= 0.3 is 6.03 Å². The molecule has 0 aliphatic rings. The third-order valence-electron chi connectivity index (χ3n) is 3.13. The Morgan fingerprint density at radius 1 is 1.22 bits per heavy atom. The number of benzene rings is 1. The zero-order valence-corrected chi connectivity index (χ0v) is 13.4. The molecule has 3 aromatic rings. The largest absolute Gasteiger partial charge is 0.338 e. The highest BCUT2D eigenvalue weighted by Crippen LogP contribution is 2.24. The van der Waals surface area contributed by atoms with E-state index in [2.05, 4.69) is 20.8 Å². The molecule has 23 heavy (non-hydrogen) atoms. The van der Waals surface area contributed by atoms with Gasteiger partial charge in [0.05, 0.1) is 5.56 Å². The predicted molar refractivity (Wildman–Crippen MR) is 90.4 cm³/mol. The van der Waals surface area contributed by atoms with Gasteiger partial charge in [-0.05, 0) is 42.1 Å². The second-order valence-corrected chi connectivity index (χ2v) is 5.67. The van der Waals surface area contributed by atoms with Crippen LogP contribution in [0.3, 0.4) is 0 Å². The lowest BCUT2D eigenvalue weighted by atomic mass is 10.2. The van der Waals surface area contributed by atoms with Crippen LogP contribution >= 0.6 is 11.3 Å². The summed E-state index contributed by atoms with van der Waals surface area (Å²) in [5.41, 5.74) is 2.46. The smallest absolute Gasteiger partial charge is 0.319 e. The van der Waals surface area contributed by atoms with Crippen molar-refractivity contribution in [2.24, 2.45) is 0 Å². The maximum atomic E-state index is 11.6. The van der Waals surface area contributed by atoms with Crippen molar-refractivity contribution in [1.82, 2.24) is 15.5 Å². The maximum absolute atomic E-state index is 11.6. The summed E-state index contributed by atoms with van der Waals surface area (Å²) in [4.78, 5) is 16.0. The summed E-state index contributed by atoms with van der Waals surface area (Å²) in [6, 6.07) is 9.03. The van der Waals surface area contributed by atoms with Gasteiger partial charge in [-0.1, -0.05) is 12.1 Å². The summed E-state index contributed by atoms with van der Waals surface area (Å²) in [7, 11) is 0. The highest BCUT2D eigenvalue weighted by Gasteiger charge is 2.11. The molecule has 0 unspecified atom stereocenters. The van der Waals surface area contributed by atoms with E-state index in [0.717, 1.165) is 17.5 Å². The summed E-state index contributed by atoms with van der Waals surface area (Å²) >= 11 is 1.58. The summed E-state index contributed by atoms with van der Waals surface area (Å²) in [5, 5.41) is 13.4. The first-order valence-corrected chi connectivity index (χ1v) is 8.22. The SMILES string of the molecule is CCCNC(=O)Nc1ccc(-c2noc(-c3ccsc3)n2)cc1. The van der Waals surface area contributed by atoms with Gasteiger partial charge in [0, 0.05) is 23.2 Å². The van der Waals surface area contributed by atoms with Gasteiger partial charge in [-0.25, -0.2) is 4.79 Å². The van der Waals surface area contributed by atoms with Gasteiger partial charge in [-0.2, -0.15) is 16.3 Å². The molecule has 2 amide bonds. The van der Waals surface area contributed by atoms with E-state index in [0.29, 0.717) is 23.9 Å². The summed E-state index contributed by atoms with van der Waals surface area (Å²) < 4.78 is 5.27. The van der Waals surface area contributed by atoms with Crippen LogP contribution in [0.15, 0.2) is 45.6 Å². The van der Waals surface area contributed by atoms with E-state index in [1.807, 2.05) is 48.0 Å². The lowest BCUT2D eigenvalue weighted by molar-refractivity contribution is 0.252. The molecule has 0 atom stereocenters. The normalized spacial score (nSPS) is 10.5. The van der Waals surface area contributed by atoms with Gasteiger partial charge in [0.25, 0.3) is 5.89 Å². The second kappa shape index (κ2) is 7.06. The van der Waals surface area contributed by atoms with Crippen molar-refractivity contribution >= 4 is 23.1 Å². The fourth-order valence-corrected chi connectivity index (χ4v) is 2.59. The molecule has 118 valence electrons. The Kier molecular flexibility index (Phi) is 4.68. The van der Waals surface area contributed by atoms with Crippen molar-refractivity contribution < 1.29 is 9.32 Å². The highest BCUT2D eigenvalue weighted by molar-refractivity contribution is 7.08. The molecule has 3 rings (SSSR count). The van der Waals surface area contributed by atoms with Crippen LogP contribution in [0.5, 0.6) is 0 Å². The van der Waals surface area contributed by atoms with Crippen molar-refractivity contribution in [3.63, 3.8) is 0 Å². The minimum Gasteiger partial charge on any atom is -0.338 e. The van der Waals surface area contributed by atoms with Crippen LogP contribution in [0.1, 0.15) is 13.3 Å². The minimum atomic E-state index is -0.209. The van der Waals surface area contributed by atoms with Crippen molar-refractivity contribution in [3.8, 4) is 22.8 Å². The number of hydrogen-bond acceptors (Lipinski definition) is 5. The minimum absolute atomic E-state index is 0.209. The molecule has 2 N–H and O–H groups in total. The van der Waals surface area contributed by atoms with E-state index in [4.69, 9.17) is 4.52 Å². The quantitative estimate of drug-likeness (QED) is 0.742. The van der Waals surface area contributed by atoms with Crippen LogP contribution in [0.2, 0.25) is 0 Å². The molecule has 7 heteroatoms. The fourth-order valence-electron chi connectivity index (χ4n) is 1.96. The first-order valence-electron chi connectivity index (χ1n) is 7.28. The molecule has 0 spiro atoms. The number of urea groups is 1. The molecule has 1 aromatic carbocycles. The van der Waals surface area contributed by atoms with Crippen molar-refractivity contribution in [2.75, 3.05) is 11.9 Å². The molecule has 0 aliphatic heterocycles.